The summed E-state index contributed by atoms with van der Waals surface area (Å²) in [6, 6.07) is 5.50. The first-order valence-electron chi connectivity index (χ1n) is 8.28. The molecule has 24 heavy (non-hydrogen) atoms. The number of thiazole rings is 1. The van der Waals surface area contributed by atoms with Gasteiger partial charge in [0.25, 0.3) is 6.01 Å². The van der Waals surface area contributed by atoms with E-state index >= 15 is 0 Å². The molecular weight excluding hydrogens is 344 g/mol. The van der Waals surface area contributed by atoms with Gasteiger partial charge in [-0.15, -0.1) is 11.3 Å². The monoisotopic (exact) mass is 360 g/mol. The van der Waals surface area contributed by atoms with Gasteiger partial charge in [0.1, 0.15) is 10.5 Å². The molecule has 0 amide bonds. The highest BCUT2D eigenvalue weighted by Gasteiger charge is 2.34. The molecule has 0 radical (unpaired) electrons. The Morgan fingerprint density at radius 3 is 3.17 bits per heavy atom. The van der Waals surface area contributed by atoms with Gasteiger partial charge in [-0.3, -0.25) is 0 Å². The molecule has 3 aliphatic heterocycles. The fourth-order valence-corrected chi connectivity index (χ4v) is 4.61. The van der Waals surface area contributed by atoms with Crippen LogP contribution in [0.1, 0.15) is 19.3 Å². The lowest BCUT2D eigenvalue weighted by Crippen LogP contribution is -2.54. The maximum atomic E-state index is 6.38. The lowest BCUT2D eigenvalue weighted by Gasteiger charge is -2.36. The van der Waals surface area contributed by atoms with Crippen molar-refractivity contribution in [2.75, 3.05) is 18.0 Å². The highest BCUT2D eigenvalue weighted by atomic mass is 35.5. The van der Waals surface area contributed by atoms with Gasteiger partial charge in [-0.25, -0.2) is 4.98 Å². The average molecular weight is 361 g/mol. The van der Waals surface area contributed by atoms with Crippen molar-refractivity contribution in [2.24, 2.45) is 0 Å². The molecule has 2 aromatic heterocycles. The number of hydrogen-bond acceptors (Lipinski definition) is 6. The molecule has 6 rings (SSSR count). The SMILES string of the molecule is Clc1ccc(-c2nccs2)c2oc(N3CC4CCCC3CN4)nc12. The quantitative estimate of drug-likeness (QED) is 0.750. The molecule has 0 saturated carbocycles. The number of piperazine rings is 1. The Morgan fingerprint density at radius 2 is 2.29 bits per heavy atom. The van der Waals surface area contributed by atoms with Gasteiger partial charge in [0.15, 0.2) is 5.58 Å². The smallest absolute Gasteiger partial charge is 0.298 e. The Labute approximate surface area is 148 Å². The largest absolute Gasteiger partial charge is 0.423 e. The molecule has 1 N–H and O–H groups in total. The first-order chi connectivity index (χ1) is 11.8. The van der Waals surface area contributed by atoms with Crippen LogP contribution in [0.2, 0.25) is 5.02 Å². The Hall–Kier alpha value is -1.63. The zero-order chi connectivity index (χ0) is 16.1. The highest BCUT2D eigenvalue weighted by molar-refractivity contribution is 7.13. The molecule has 3 saturated heterocycles. The normalized spacial score (nSPS) is 23.8. The van der Waals surface area contributed by atoms with Crippen LogP contribution in [-0.4, -0.2) is 35.1 Å². The third-order valence-corrected chi connectivity index (χ3v) is 6.09. The van der Waals surface area contributed by atoms with Gasteiger partial charge in [0.2, 0.25) is 0 Å². The summed E-state index contributed by atoms with van der Waals surface area (Å²) in [6.45, 7) is 1.94. The summed E-state index contributed by atoms with van der Waals surface area (Å²) in [5.74, 6) is 0. The minimum Gasteiger partial charge on any atom is -0.423 e. The van der Waals surface area contributed by atoms with Gasteiger partial charge in [-0.05, 0) is 31.4 Å². The summed E-state index contributed by atoms with van der Waals surface area (Å²) in [6.07, 6.45) is 5.45. The molecule has 0 aliphatic carbocycles. The summed E-state index contributed by atoms with van der Waals surface area (Å²) in [5.41, 5.74) is 2.43. The molecule has 5 nitrogen and oxygen atoms in total. The Bertz CT molecular complexity index is 874. The zero-order valence-corrected chi connectivity index (χ0v) is 14.6. The molecule has 7 heteroatoms. The summed E-state index contributed by atoms with van der Waals surface area (Å²) in [4.78, 5) is 11.5. The lowest BCUT2D eigenvalue weighted by molar-refractivity contribution is 0.399. The van der Waals surface area contributed by atoms with E-state index in [1.807, 2.05) is 17.5 Å². The molecule has 2 atom stereocenters. The van der Waals surface area contributed by atoms with Crippen molar-refractivity contribution in [3.63, 3.8) is 0 Å². The summed E-state index contributed by atoms with van der Waals surface area (Å²) >= 11 is 7.98. The van der Waals surface area contributed by atoms with Crippen LogP contribution in [0.25, 0.3) is 21.7 Å². The van der Waals surface area contributed by atoms with Crippen molar-refractivity contribution < 1.29 is 4.42 Å². The first-order valence-corrected chi connectivity index (χ1v) is 9.54. The van der Waals surface area contributed by atoms with Crippen LogP contribution in [0.3, 0.4) is 0 Å². The molecule has 124 valence electrons. The molecule has 1 aromatic carbocycles. The molecule has 3 fully saturated rings. The van der Waals surface area contributed by atoms with Crippen LogP contribution in [0.5, 0.6) is 0 Å². The van der Waals surface area contributed by atoms with E-state index in [9.17, 15) is 0 Å². The van der Waals surface area contributed by atoms with Gasteiger partial charge >= 0.3 is 0 Å². The lowest BCUT2D eigenvalue weighted by atomic mass is 10.1. The number of oxazole rings is 1. The van der Waals surface area contributed by atoms with Crippen molar-refractivity contribution in [1.82, 2.24) is 15.3 Å². The van der Waals surface area contributed by atoms with E-state index in [4.69, 9.17) is 21.0 Å². The average Bonchev–Trinajstić information content (AvgIpc) is 3.18. The molecule has 3 aromatic rings. The second-order valence-corrected chi connectivity index (χ2v) is 7.75. The zero-order valence-electron chi connectivity index (χ0n) is 13.0. The molecule has 2 unspecified atom stereocenters. The second-order valence-electron chi connectivity index (χ2n) is 6.45. The Balaban J connectivity index is 1.63. The first kappa shape index (κ1) is 14.7. The van der Waals surface area contributed by atoms with Gasteiger partial charge in [-0.2, -0.15) is 4.98 Å². The van der Waals surface area contributed by atoms with Gasteiger partial charge in [-0.1, -0.05) is 11.6 Å². The van der Waals surface area contributed by atoms with E-state index in [2.05, 4.69) is 15.2 Å². The van der Waals surface area contributed by atoms with Crippen molar-refractivity contribution in [2.45, 2.75) is 31.3 Å². The standard InChI is InChI=1S/C17H17ClN4OS/c18-13-5-4-12(16-19-6-7-24-16)15-14(13)21-17(23-15)22-9-10-2-1-3-11(22)8-20-10/h4-7,10-11,20H,1-3,8-9H2. The molecule has 2 bridgehead atoms. The number of halogens is 1. The number of fused-ring (bicyclic) bond motifs is 5. The maximum Gasteiger partial charge on any atom is 0.298 e. The van der Waals surface area contributed by atoms with Crippen molar-refractivity contribution in [3.05, 3.63) is 28.7 Å². The molecule has 3 aliphatic rings. The third kappa shape index (κ3) is 2.32. The van der Waals surface area contributed by atoms with E-state index in [-0.39, 0.29) is 0 Å². The van der Waals surface area contributed by atoms with E-state index in [1.165, 1.54) is 19.3 Å². The number of benzene rings is 1. The highest BCUT2D eigenvalue weighted by Crippen LogP contribution is 2.37. The molecular formula is C17H17ClN4OS. The van der Waals surface area contributed by atoms with Crippen molar-refractivity contribution >= 4 is 40.1 Å². The van der Waals surface area contributed by atoms with Crippen LogP contribution >= 0.6 is 22.9 Å². The van der Waals surface area contributed by atoms with E-state index in [1.54, 1.807) is 17.5 Å². The Morgan fingerprint density at radius 1 is 1.33 bits per heavy atom. The number of hydrogen-bond donors (Lipinski definition) is 1. The van der Waals surface area contributed by atoms with Crippen LogP contribution in [0.15, 0.2) is 28.1 Å². The fourth-order valence-electron chi connectivity index (χ4n) is 3.76. The third-order valence-electron chi connectivity index (χ3n) is 4.98. The van der Waals surface area contributed by atoms with Crippen LogP contribution in [0, 0.1) is 0 Å². The number of nitrogens with one attached hydrogen (secondary N) is 1. The predicted octanol–water partition coefficient (Wildman–Crippen LogP) is 3.94. The van der Waals surface area contributed by atoms with Crippen molar-refractivity contribution in [1.29, 1.82) is 0 Å². The summed E-state index contributed by atoms with van der Waals surface area (Å²) in [7, 11) is 0. The summed E-state index contributed by atoms with van der Waals surface area (Å²) < 4.78 is 6.22. The van der Waals surface area contributed by atoms with Crippen LogP contribution in [0.4, 0.5) is 6.01 Å². The van der Waals surface area contributed by atoms with Gasteiger partial charge in [0.05, 0.1) is 10.6 Å². The predicted molar refractivity (Wildman–Crippen MR) is 96.9 cm³/mol. The second kappa shape index (κ2) is 5.72. The molecule has 0 spiro atoms. The Kier molecular flexibility index (Phi) is 3.50. The number of nitrogens with zero attached hydrogens (tertiary/aromatic N) is 3. The topological polar surface area (TPSA) is 54.2 Å². The number of rotatable bonds is 2. The van der Waals surface area contributed by atoms with Gasteiger partial charge < -0.3 is 14.6 Å². The van der Waals surface area contributed by atoms with E-state index < -0.39 is 0 Å². The van der Waals surface area contributed by atoms with Crippen LogP contribution < -0.4 is 10.2 Å². The maximum absolute atomic E-state index is 6.38. The minimum atomic E-state index is 0.443. The number of anilines is 1. The fraction of sp³-hybridized carbons (Fsp3) is 0.412. The van der Waals surface area contributed by atoms with Crippen molar-refractivity contribution in [3.8, 4) is 10.6 Å². The number of aromatic nitrogens is 2. The van der Waals surface area contributed by atoms with Gasteiger partial charge in [0, 0.05) is 36.8 Å². The minimum absolute atomic E-state index is 0.443. The molecule has 5 heterocycles. The van der Waals surface area contributed by atoms with E-state index in [0.29, 0.717) is 23.1 Å². The summed E-state index contributed by atoms with van der Waals surface area (Å²) in [5, 5.41) is 7.13. The van der Waals surface area contributed by atoms with Crippen LogP contribution in [-0.2, 0) is 0 Å². The van der Waals surface area contributed by atoms with E-state index in [0.717, 1.165) is 34.8 Å².